The van der Waals surface area contributed by atoms with Crippen LogP contribution in [-0.2, 0) is 0 Å². The Balaban J connectivity index is 2.34. The fraction of sp³-hybridized carbons (Fsp3) is 1.00. The molecule has 0 aromatic carbocycles. The zero-order valence-electron chi connectivity index (χ0n) is 11.2. The first kappa shape index (κ1) is 14.3. The monoisotopic (exact) mass is 245 g/mol. The summed E-state index contributed by atoms with van der Waals surface area (Å²) in [5, 5.41) is 3.62. The van der Waals surface area contributed by atoms with Crippen molar-refractivity contribution in [3.8, 4) is 0 Å². The molecule has 2 atom stereocenters. The lowest BCUT2D eigenvalue weighted by Gasteiger charge is -2.34. The Morgan fingerprint density at radius 3 is 2.69 bits per heavy atom. The maximum atomic E-state index is 3.62. The van der Waals surface area contributed by atoms with E-state index < -0.39 is 0 Å². The molecule has 3 nitrogen and oxygen atoms in total. The van der Waals surface area contributed by atoms with Crippen molar-refractivity contribution in [3.63, 3.8) is 0 Å². The van der Waals surface area contributed by atoms with E-state index in [-0.39, 0.29) is 0 Å². The van der Waals surface area contributed by atoms with Gasteiger partial charge in [-0.1, -0.05) is 6.92 Å². The number of rotatable bonds is 6. The second kappa shape index (κ2) is 7.54. The van der Waals surface area contributed by atoms with E-state index >= 15 is 0 Å². The summed E-state index contributed by atoms with van der Waals surface area (Å²) in [4.78, 5) is 4.86. The van der Waals surface area contributed by atoms with Gasteiger partial charge in [-0.2, -0.15) is 11.8 Å². The van der Waals surface area contributed by atoms with Crippen LogP contribution >= 0.6 is 11.8 Å². The van der Waals surface area contributed by atoms with Crippen molar-refractivity contribution in [1.82, 2.24) is 15.1 Å². The minimum absolute atomic E-state index is 0.647. The fourth-order valence-electron chi connectivity index (χ4n) is 2.28. The Bertz CT molecular complexity index is 181. The van der Waals surface area contributed by atoms with Crippen molar-refractivity contribution in [2.45, 2.75) is 25.9 Å². The van der Waals surface area contributed by atoms with E-state index in [9.17, 15) is 0 Å². The first-order chi connectivity index (χ1) is 7.63. The summed E-state index contributed by atoms with van der Waals surface area (Å²) in [6.07, 6.45) is 0. The van der Waals surface area contributed by atoms with Gasteiger partial charge in [-0.15, -0.1) is 0 Å². The van der Waals surface area contributed by atoms with Gasteiger partial charge in [0.15, 0.2) is 0 Å². The molecule has 1 saturated heterocycles. The molecule has 0 saturated carbocycles. The summed E-state index contributed by atoms with van der Waals surface area (Å²) in [7, 11) is 4.30. The predicted octanol–water partition coefficient (Wildman–Crippen LogP) is 0.963. The second-order valence-electron chi connectivity index (χ2n) is 4.92. The molecule has 16 heavy (non-hydrogen) atoms. The molecule has 0 amide bonds. The van der Waals surface area contributed by atoms with Gasteiger partial charge in [0.05, 0.1) is 0 Å². The quantitative estimate of drug-likeness (QED) is 0.751. The maximum Gasteiger partial charge on any atom is 0.0286 e. The second-order valence-corrected chi connectivity index (χ2v) is 6.07. The Morgan fingerprint density at radius 2 is 2.19 bits per heavy atom. The van der Waals surface area contributed by atoms with Crippen molar-refractivity contribution in [2.75, 3.05) is 51.8 Å². The largest absolute Gasteiger partial charge is 0.311 e. The zero-order valence-corrected chi connectivity index (χ0v) is 12.0. The van der Waals surface area contributed by atoms with Crippen LogP contribution in [0.1, 0.15) is 13.8 Å². The average Bonchev–Trinajstić information content (AvgIpc) is 2.26. The third kappa shape index (κ3) is 5.04. The summed E-state index contributed by atoms with van der Waals surface area (Å²) in [6.45, 7) is 9.26. The van der Waals surface area contributed by atoms with Gasteiger partial charge in [0.1, 0.15) is 0 Å². The molecule has 0 aromatic heterocycles. The number of nitrogens with one attached hydrogen (secondary N) is 1. The highest BCUT2D eigenvalue weighted by Gasteiger charge is 2.19. The van der Waals surface area contributed by atoms with Gasteiger partial charge in [0, 0.05) is 43.2 Å². The maximum absolute atomic E-state index is 3.62. The fourth-order valence-corrected chi connectivity index (χ4v) is 3.22. The molecule has 1 aliphatic heterocycles. The van der Waals surface area contributed by atoms with Crippen LogP contribution < -0.4 is 5.32 Å². The van der Waals surface area contributed by atoms with E-state index in [1.54, 1.807) is 0 Å². The first-order valence-corrected chi connectivity index (χ1v) is 7.48. The molecule has 1 aliphatic rings. The topological polar surface area (TPSA) is 18.5 Å². The molecule has 1 fully saturated rings. The van der Waals surface area contributed by atoms with Crippen molar-refractivity contribution in [1.29, 1.82) is 0 Å². The van der Waals surface area contributed by atoms with E-state index in [0.29, 0.717) is 12.1 Å². The van der Waals surface area contributed by atoms with E-state index in [1.807, 2.05) is 0 Å². The van der Waals surface area contributed by atoms with Gasteiger partial charge in [0.25, 0.3) is 0 Å². The first-order valence-electron chi connectivity index (χ1n) is 6.33. The molecular weight excluding hydrogens is 218 g/mol. The summed E-state index contributed by atoms with van der Waals surface area (Å²) in [5.74, 6) is 2.54. The van der Waals surface area contributed by atoms with Crippen LogP contribution in [0.4, 0.5) is 0 Å². The summed E-state index contributed by atoms with van der Waals surface area (Å²) < 4.78 is 0. The van der Waals surface area contributed by atoms with Crippen LogP contribution in [0.15, 0.2) is 0 Å². The molecule has 1 N–H and O–H groups in total. The van der Waals surface area contributed by atoms with E-state index in [1.165, 1.54) is 24.6 Å². The number of nitrogens with zero attached hydrogens (tertiary/aromatic N) is 2. The highest BCUT2D eigenvalue weighted by molar-refractivity contribution is 7.99. The molecule has 4 heteroatoms. The predicted molar refractivity (Wildman–Crippen MR) is 74.4 cm³/mol. The van der Waals surface area contributed by atoms with Gasteiger partial charge < -0.3 is 10.2 Å². The van der Waals surface area contributed by atoms with Crippen LogP contribution in [0.3, 0.4) is 0 Å². The standard InChI is InChI=1S/C12H27N3S/c1-5-15(11(2)8-14(3)4)9-12-10-16-7-6-13-12/h11-13H,5-10H2,1-4H3. The molecular formula is C12H27N3S. The highest BCUT2D eigenvalue weighted by Crippen LogP contribution is 2.10. The molecule has 96 valence electrons. The molecule has 1 rings (SSSR count). The highest BCUT2D eigenvalue weighted by atomic mass is 32.2. The number of hydrogen-bond acceptors (Lipinski definition) is 4. The summed E-state index contributed by atoms with van der Waals surface area (Å²) in [6, 6.07) is 1.33. The van der Waals surface area contributed by atoms with Crippen molar-refractivity contribution in [2.24, 2.45) is 0 Å². The Labute approximate surface area is 105 Å². The lowest BCUT2D eigenvalue weighted by molar-refractivity contribution is 0.168. The molecule has 0 aromatic rings. The third-order valence-electron chi connectivity index (χ3n) is 3.11. The van der Waals surface area contributed by atoms with E-state index in [4.69, 9.17) is 0 Å². The van der Waals surface area contributed by atoms with E-state index in [2.05, 4.69) is 54.8 Å². The number of thioether (sulfide) groups is 1. The molecule has 2 unspecified atom stereocenters. The van der Waals surface area contributed by atoms with Crippen LogP contribution in [0.5, 0.6) is 0 Å². The normalized spacial score (nSPS) is 24.0. The third-order valence-corrected chi connectivity index (χ3v) is 4.24. The molecule has 0 aliphatic carbocycles. The molecule has 0 spiro atoms. The smallest absolute Gasteiger partial charge is 0.0286 e. The minimum atomic E-state index is 0.647. The van der Waals surface area contributed by atoms with Crippen LogP contribution in [0.2, 0.25) is 0 Å². The molecule has 0 bridgehead atoms. The molecule has 0 radical (unpaired) electrons. The van der Waals surface area contributed by atoms with Gasteiger partial charge in [-0.25, -0.2) is 0 Å². The van der Waals surface area contributed by atoms with Crippen molar-refractivity contribution in [3.05, 3.63) is 0 Å². The van der Waals surface area contributed by atoms with Gasteiger partial charge in [-0.3, -0.25) is 4.90 Å². The zero-order chi connectivity index (χ0) is 12.0. The van der Waals surface area contributed by atoms with Crippen molar-refractivity contribution < 1.29 is 0 Å². The minimum Gasteiger partial charge on any atom is -0.311 e. The van der Waals surface area contributed by atoms with Crippen LogP contribution in [0.25, 0.3) is 0 Å². The van der Waals surface area contributed by atoms with Crippen LogP contribution in [0, 0.1) is 0 Å². The van der Waals surface area contributed by atoms with Gasteiger partial charge in [-0.05, 0) is 27.6 Å². The van der Waals surface area contributed by atoms with Gasteiger partial charge >= 0.3 is 0 Å². The van der Waals surface area contributed by atoms with Crippen molar-refractivity contribution >= 4 is 11.8 Å². The SMILES string of the molecule is CCN(CC1CSCCN1)C(C)CN(C)C. The lowest BCUT2D eigenvalue weighted by atomic mass is 10.2. The average molecular weight is 245 g/mol. The van der Waals surface area contributed by atoms with E-state index in [0.717, 1.165) is 13.1 Å². The number of hydrogen-bond donors (Lipinski definition) is 1. The lowest BCUT2D eigenvalue weighted by Crippen LogP contribution is -2.50. The van der Waals surface area contributed by atoms with Crippen LogP contribution in [-0.4, -0.2) is 73.7 Å². The molecule has 1 heterocycles. The van der Waals surface area contributed by atoms with Gasteiger partial charge in [0.2, 0.25) is 0 Å². The Kier molecular flexibility index (Phi) is 6.73. The Morgan fingerprint density at radius 1 is 1.44 bits per heavy atom. The summed E-state index contributed by atoms with van der Waals surface area (Å²) in [5.41, 5.74) is 0. The number of likely N-dealkylation sites (N-methyl/N-ethyl adjacent to an activating group) is 2. The Hall–Kier alpha value is 0.230. The summed E-state index contributed by atoms with van der Waals surface area (Å²) >= 11 is 2.08.